The topological polar surface area (TPSA) is 29.5 Å². The van der Waals surface area contributed by atoms with E-state index in [1.54, 1.807) is 0 Å². The van der Waals surface area contributed by atoms with E-state index in [1.165, 1.54) is 48.7 Å². The monoisotopic (exact) mass is 709 g/mol. The molecule has 254 valence electrons. The van der Waals surface area contributed by atoms with E-state index in [2.05, 4.69) is 176 Å². The zero-order chi connectivity index (χ0) is 35.5. The number of hydrogen-bond donors (Lipinski definition) is 0. The molecule has 0 amide bonds. The first-order chi connectivity index (χ1) is 26.7. The number of fused-ring (bicyclic) bond motifs is 16. The molecule has 1 aliphatic carbocycles. The van der Waals surface area contributed by atoms with Crippen LogP contribution in [0.3, 0.4) is 0 Å². The fourth-order valence-electron chi connectivity index (χ4n) is 9.40. The maximum Gasteiger partial charge on any atom is 0.159 e. The van der Waals surface area contributed by atoms with Crippen molar-refractivity contribution in [1.29, 1.82) is 0 Å². The number of nitrogens with zero attached hydrogens (tertiary/aromatic N) is 1. The van der Waals surface area contributed by atoms with Crippen LogP contribution in [-0.4, -0.2) is 0 Å². The molecule has 1 atom stereocenters. The van der Waals surface area contributed by atoms with Crippen LogP contribution >= 0.6 is 11.8 Å². The molecule has 3 nitrogen and oxygen atoms in total. The molecule has 1 unspecified atom stereocenters. The molecule has 10 aromatic rings. The summed E-state index contributed by atoms with van der Waals surface area (Å²) in [6, 6.07) is 61.6. The second-order valence-corrected chi connectivity index (χ2v) is 15.5. The number of para-hydroxylation sites is 4. The Kier molecular flexibility index (Phi) is 6.12. The van der Waals surface area contributed by atoms with E-state index in [0.29, 0.717) is 0 Å². The molecule has 8 aromatic carbocycles. The zero-order valence-electron chi connectivity index (χ0n) is 29.3. The Morgan fingerprint density at radius 2 is 1.09 bits per heavy atom. The van der Waals surface area contributed by atoms with Crippen molar-refractivity contribution in [3.8, 4) is 11.1 Å². The van der Waals surface area contributed by atoms with E-state index in [0.717, 1.165) is 60.9 Å². The highest BCUT2D eigenvalue weighted by Crippen LogP contribution is 2.64. The summed E-state index contributed by atoms with van der Waals surface area (Å²) >= 11 is 1.83. The average Bonchev–Trinajstić information content (AvgIpc) is 3.88. The number of anilines is 3. The minimum Gasteiger partial charge on any atom is -0.455 e. The molecule has 12 rings (SSSR count). The molecule has 2 aromatic heterocycles. The van der Waals surface area contributed by atoms with E-state index in [1.807, 2.05) is 17.8 Å². The number of rotatable bonds is 3. The molecule has 4 heteroatoms. The first-order valence-electron chi connectivity index (χ1n) is 18.4. The summed E-state index contributed by atoms with van der Waals surface area (Å²) in [5.74, 6) is 0. The molecule has 0 saturated heterocycles. The molecule has 1 spiro atoms. The predicted molar refractivity (Wildman–Crippen MR) is 222 cm³/mol. The van der Waals surface area contributed by atoms with Gasteiger partial charge >= 0.3 is 0 Å². The fraction of sp³-hybridized carbons (Fsp3) is 0.0400. The molecule has 54 heavy (non-hydrogen) atoms. The summed E-state index contributed by atoms with van der Waals surface area (Å²) < 4.78 is 13.5. The van der Waals surface area contributed by atoms with Gasteiger partial charge in [0.15, 0.2) is 5.58 Å². The summed E-state index contributed by atoms with van der Waals surface area (Å²) in [5, 5.41) is 4.52. The number of hydrogen-bond acceptors (Lipinski definition) is 4. The summed E-state index contributed by atoms with van der Waals surface area (Å²) in [6.07, 6.45) is 0. The molecule has 0 bridgehead atoms. The van der Waals surface area contributed by atoms with Crippen LogP contribution in [0.15, 0.2) is 188 Å². The van der Waals surface area contributed by atoms with Crippen molar-refractivity contribution < 1.29 is 8.83 Å². The molecule has 3 heterocycles. The van der Waals surface area contributed by atoms with Gasteiger partial charge in [0.25, 0.3) is 0 Å². The third kappa shape index (κ3) is 3.88. The summed E-state index contributed by atoms with van der Waals surface area (Å²) in [7, 11) is 0. The highest BCUT2D eigenvalue weighted by Gasteiger charge is 2.51. The second-order valence-electron chi connectivity index (χ2n) is 14.4. The van der Waals surface area contributed by atoms with Crippen molar-refractivity contribution in [2.45, 2.75) is 22.1 Å². The summed E-state index contributed by atoms with van der Waals surface area (Å²) in [5.41, 5.74) is 15.0. The average molecular weight is 710 g/mol. The van der Waals surface area contributed by atoms with Gasteiger partial charge in [-0.3, -0.25) is 0 Å². The van der Waals surface area contributed by atoms with E-state index in [4.69, 9.17) is 8.83 Å². The third-order valence-corrected chi connectivity index (χ3v) is 12.9. The number of furan rings is 2. The van der Waals surface area contributed by atoms with Gasteiger partial charge in [-0.05, 0) is 88.3 Å². The molecule has 0 saturated carbocycles. The predicted octanol–water partition coefficient (Wildman–Crippen LogP) is 14.1. The normalized spacial score (nSPS) is 15.5. The molecular weight excluding hydrogens is 679 g/mol. The summed E-state index contributed by atoms with van der Waals surface area (Å²) in [6.45, 7) is 2.19. The van der Waals surface area contributed by atoms with Crippen LogP contribution < -0.4 is 4.90 Å². The van der Waals surface area contributed by atoms with Crippen LogP contribution in [0.25, 0.3) is 55.0 Å². The molecule has 2 aliphatic rings. The first kappa shape index (κ1) is 30.0. The second kappa shape index (κ2) is 11.0. The van der Waals surface area contributed by atoms with Crippen LogP contribution in [0.5, 0.6) is 0 Å². The van der Waals surface area contributed by atoms with Crippen molar-refractivity contribution in [3.63, 3.8) is 0 Å². The summed E-state index contributed by atoms with van der Waals surface area (Å²) in [4.78, 5) is 4.82. The minimum absolute atomic E-state index is 0.574. The lowest BCUT2D eigenvalue weighted by atomic mass is 9.67. The molecule has 0 radical (unpaired) electrons. The van der Waals surface area contributed by atoms with Crippen molar-refractivity contribution in [1.82, 2.24) is 0 Å². The van der Waals surface area contributed by atoms with Crippen molar-refractivity contribution >= 4 is 72.7 Å². The number of aryl methyl sites for hydroxylation is 1. The smallest absolute Gasteiger partial charge is 0.159 e. The van der Waals surface area contributed by atoms with Gasteiger partial charge in [0, 0.05) is 37.8 Å². The first-order valence-corrected chi connectivity index (χ1v) is 19.2. The SMILES string of the molecule is Cc1ccccc1N(c1ccc2c(c1)C1(c3ccccc3Sc3c1ccc1c3oc3ccccc31)c1ccccc1-2)c1cccc2c1oc1ccccc12. The maximum absolute atomic E-state index is 6.76. The van der Waals surface area contributed by atoms with E-state index < -0.39 is 5.41 Å². The Bertz CT molecular complexity index is 3190. The lowest BCUT2D eigenvalue weighted by Gasteiger charge is -2.40. The van der Waals surface area contributed by atoms with Crippen LogP contribution in [0.4, 0.5) is 17.1 Å². The Morgan fingerprint density at radius 3 is 1.93 bits per heavy atom. The van der Waals surface area contributed by atoms with Gasteiger partial charge in [-0.1, -0.05) is 139 Å². The van der Waals surface area contributed by atoms with Crippen molar-refractivity contribution in [3.05, 3.63) is 198 Å². The maximum atomic E-state index is 6.76. The van der Waals surface area contributed by atoms with Crippen LogP contribution in [0.2, 0.25) is 0 Å². The highest BCUT2D eigenvalue weighted by molar-refractivity contribution is 7.99. The van der Waals surface area contributed by atoms with Gasteiger partial charge in [0.2, 0.25) is 0 Å². The van der Waals surface area contributed by atoms with Gasteiger partial charge in [-0.25, -0.2) is 0 Å². The lowest BCUT2D eigenvalue weighted by molar-refractivity contribution is 0.648. The molecule has 1 aliphatic heterocycles. The van der Waals surface area contributed by atoms with E-state index in [-0.39, 0.29) is 0 Å². The van der Waals surface area contributed by atoms with Gasteiger partial charge in [-0.15, -0.1) is 0 Å². The van der Waals surface area contributed by atoms with Gasteiger partial charge in [-0.2, -0.15) is 0 Å². The largest absolute Gasteiger partial charge is 0.455 e. The molecule has 0 N–H and O–H groups in total. The van der Waals surface area contributed by atoms with Gasteiger partial charge < -0.3 is 13.7 Å². The number of benzene rings is 8. The highest BCUT2D eigenvalue weighted by atomic mass is 32.2. The van der Waals surface area contributed by atoms with Crippen molar-refractivity contribution in [2.75, 3.05) is 4.90 Å². The molecule has 0 fully saturated rings. The Morgan fingerprint density at radius 1 is 0.463 bits per heavy atom. The fourth-order valence-corrected chi connectivity index (χ4v) is 10.7. The Hall–Kier alpha value is -6.49. The van der Waals surface area contributed by atoms with E-state index >= 15 is 0 Å². The van der Waals surface area contributed by atoms with Gasteiger partial charge in [0.1, 0.15) is 16.7 Å². The van der Waals surface area contributed by atoms with E-state index in [9.17, 15) is 0 Å². The quantitative estimate of drug-likeness (QED) is 0.183. The van der Waals surface area contributed by atoms with Crippen LogP contribution in [-0.2, 0) is 5.41 Å². The Labute approximate surface area is 316 Å². The van der Waals surface area contributed by atoms with Crippen LogP contribution in [0.1, 0.15) is 27.8 Å². The molecular formula is C50H31NO2S. The Balaban J connectivity index is 1.19. The third-order valence-electron chi connectivity index (χ3n) is 11.7. The lowest BCUT2D eigenvalue weighted by Crippen LogP contribution is -2.32. The van der Waals surface area contributed by atoms with Crippen LogP contribution in [0, 0.1) is 6.92 Å². The van der Waals surface area contributed by atoms with Crippen molar-refractivity contribution in [2.24, 2.45) is 0 Å². The zero-order valence-corrected chi connectivity index (χ0v) is 30.2. The van der Waals surface area contributed by atoms with Gasteiger partial charge in [0.05, 0.1) is 16.0 Å². The minimum atomic E-state index is -0.574. The standard InChI is InChI=1S/C50H31NO2S/c1-30-13-2-8-20-42(30)51(43-21-12-17-36-34-15-4-9-22-44(34)52-47(36)43)31-25-26-33-32-14-3-6-18-38(32)50(41(33)29-31)39-19-7-11-24-46(39)54-49-40(50)28-27-37-35-16-5-10-23-45(35)53-48(37)49/h2-29H,1H3.